The SMILES string of the molecule is C=CCOc1ccc(CNCC2CCCO2)cc1OCC. The molecular formula is C17H25NO3. The average molecular weight is 291 g/mol. The molecule has 1 aliphatic rings. The Hall–Kier alpha value is -1.52. The summed E-state index contributed by atoms with van der Waals surface area (Å²) in [5.41, 5.74) is 1.18. The second-order valence-corrected chi connectivity index (χ2v) is 5.08. The van der Waals surface area contributed by atoms with Crippen molar-refractivity contribution in [2.24, 2.45) is 0 Å². The summed E-state index contributed by atoms with van der Waals surface area (Å²) in [6.07, 6.45) is 4.43. The third kappa shape index (κ3) is 5.06. The normalized spacial score (nSPS) is 17.7. The summed E-state index contributed by atoms with van der Waals surface area (Å²) in [7, 11) is 0. The molecule has 0 amide bonds. The molecule has 2 rings (SSSR count). The Bertz CT molecular complexity index is 442. The fourth-order valence-electron chi connectivity index (χ4n) is 2.38. The molecule has 1 unspecified atom stereocenters. The molecule has 1 aromatic carbocycles. The van der Waals surface area contributed by atoms with Crippen molar-refractivity contribution in [3.63, 3.8) is 0 Å². The van der Waals surface area contributed by atoms with Gasteiger partial charge in [0, 0.05) is 19.7 Å². The predicted molar refractivity (Wildman–Crippen MR) is 84.0 cm³/mol. The highest BCUT2D eigenvalue weighted by Gasteiger charge is 2.14. The predicted octanol–water partition coefficient (Wildman–Crippen LogP) is 2.92. The molecule has 0 saturated carbocycles. The summed E-state index contributed by atoms with van der Waals surface area (Å²) in [5.74, 6) is 1.55. The van der Waals surface area contributed by atoms with Gasteiger partial charge in [0.2, 0.25) is 0 Å². The van der Waals surface area contributed by atoms with E-state index in [0.29, 0.717) is 19.3 Å². The van der Waals surface area contributed by atoms with Gasteiger partial charge in [0.1, 0.15) is 6.61 Å². The maximum atomic E-state index is 5.64. The Balaban J connectivity index is 1.89. The smallest absolute Gasteiger partial charge is 0.161 e. The van der Waals surface area contributed by atoms with E-state index in [-0.39, 0.29) is 0 Å². The average Bonchev–Trinajstić information content (AvgIpc) is 3.00. The molecule has 1 heterocycles. The first-order valence-electron chi connectivity index (χ1n) is 7.65. The number of rotatable bonds is 9. The fourth-order valence-corrected chi connectivity index (χ4v) is 2.38. The van der Waals surface area contributed by atoms with E-state index in [2.05, 4.69) is 18.0 Å². The standard InChI is InChI=1S/C17H25NO3/c1-3-9-21-16-8-7-14(11-17(16)19-4-2)12-18-13-15-6-5-10-20-15/h3,7-8,11,15,18H,1,4-6,9-10,12-13H2,2H3. The van der Waals surface area contributed by atoms with E-state index in [0.717, 1.165) is 37.6 Å². The summed E-state index contributed by atoms with van der Waals surface area (Å²) in [4.78, 5) is 0. The Morgan fingerprint density at radius 3 is 3.00 bits per heavy atom. The van der Waals surface area contributed by atoms with Crippen LogP contribution in [0.3, 0.4) is 0 Å². The summed E-state index contributed by atoms with van der Waals surface area (Å²) in [6.45, 7) is 9.34. The maximum Gasteiger partial charge on any atom is 0.161 e. The van der Waals surface area contributed by atoms with Crippen molar-refractivity contribution in [1.29, 1.82) is 0 Å². The fraction of sp³-hybridized carbons (Fsp3) is 0.529. The Kier molecular flexibility index (Phi) is 6.57. The van der Waals surface area contributed by atoms with Crippen LogP contribution in [0.15, 0.2) is 30.9 Å². The van der Waals surface area contributed by atoms with Crippen molar-refractivity contribution >= 4 is 0 Å². The van der Waals surface area contributed by atoms with Crippen LogP contribution in [-0.4, -0.2) is 32.5 Å². The van der Waals surface area contributed by atoms with Gasteiger partial charge in [-0.3, -0.25) is 0 Å². The lowest BCUT2D eigenvalue weighted by molar-refractivity contribution is 0.110. The van der Waals surface area contributed by atoms with Crippen molar-refractivity contribution < 1.29 is 14.2 Å². The molecule has 1 fully saturated rings. The maximum absolute atomic E-state index is 5.64. The molecule has 1 aromatic rings. The minimum atomic E-state index is 0.367. The summed E-state index contributed by atoms with van der Waals surface area (Å²) >= 11 is 0. The van der Waals surface area contributed by atoms with E-state index in [1.165, 1.54) is 12.0 Å². The lowest BCUT2D eigenvalue weighted by Gasteiger charge is -2.14. The van der Waals surface area contributed by atoms with E-state index in [9.17, 15) is 0 Å². The van der Waals surface area contributed by atoms with Crippen LogP contribution in [0, 0.1) is 0 Å². The second kappa shape index (κ2) is 8.70. The van der Waals surface area contributed by atoms with Gasteiger partial charge in [-0.05, 0) is 37.5 Å². The largest absolute Gasteiger partial charge is 0.490 e. The molecule has 21 heavy (non-hydrogen) atoms. The van der Waals surface area contributed by atoms with Gasteiger partial charge in [-0.25, -0.2) is 0 Å². The molecule has 1 saturated heterocycles. The molecule has 116 valence electrons. The third-order valence-electron chi connectivity index (χ3n) is 3.39. The van der Waals surface area contributed by atoms with Gasteiger partial charge in [0.05, 0.1) is 12.7 Å². The lowest BCUT2D eigenvalue weighted by Crippen LogP contribution is -2.25. The molecular weight excluding hydrogens is 266 g/mol. The Morgan fingerprint density at radius 1 is 1.38 bits per heavy atom. The van der Waals surface area contributed by atoms with Gasteiger partial charge in [0.25, 0.3) is 0 Å². The zero-order valence-corrected chi connectivity index (χ0v) is 12.8. The zero-order valence-electron chi connectivity index (χ0n) is 12.8. The van der Waals surface area contributed by atoms with Crippen molar-refractivity contribution in [2.75, 3.05) is 26.4 Å². The first-order valence-corrected chi connectivity index (χ1v) is 7.65. The highest BCUT2D eigenvalue weighted by atomic mass is 16.5. The molecule has 0 radical (unpaired) electrons. The minimum Gasteiger partial charge on any atom is -0.490 e. The molecule has 0 spiro atoms. The number of hydrogen-bond acceptors (Lipinski definition) is 4. The van der Waals surface area contributed by atoms with Gasteiger partial charge in [-0.15, -0.1) is 0 Å². The Labute approximate surface area is 127 Å². The lowest BCUT2D eigenvalue weighted by atomic mass is 10.2. The van der Waals surface area contributed by atoms with Crippen LogP contribution in [0.2, 0.25) is 0 Å². The molecule has 0 aliphatic carbocycles. The quantitative estimate of drug-likeness (QED) is 0.710. The zero-order chi connectivity index (χ0) is 14.9. The van der Waals surface area contributed by atoms with E-state index in [1.54, 1.807) is 6.08 Å². The van der Waals surface area contributed by atoms with Crippen LogP contribution >= 0.6 is 0 Å². The van der Waals surface area contributed by atoms with Gasteiger partial charge in [-0.1, -0.05) is 18.7 Å². The van der Waals surface area contributed by atoms with E-state index < -0.39 is 0 Å². The molecule has 1 aliphatic heterocycles. The summed E-state index contributed by atoms with van der Waals surface area (Å²) in [5, 5.41) is 3.44. The second-order valence-electron chi connectivity index (χ2n) is 5.08. The number of ether oxygens (including phenoxy) is 3. The Morgan fingerprint density at radius 2 is 2.29 bits per heavy atom. The van der Waals surface area contributed by atoms with E-state index in [1.807, 2.05) is 19.1 Å². The van der Waals surface area contributed by atoms with Crippen LogP contribution in [0.4, 0.5) is 0 Å². The number of benzene rings is 1. The first-order chi connectivity index (χ1) is 10.3. The van der Waals surface area contributed by atoms with E-state index >= 15 is 0 Å². The van der Waals surface area contributed by atoms with Crippen LogP contribution < -0.4 is 14.8 Å². The molecule has 4 heteroatoms. The van der Waals surface area contributed by atoms with Gasteiger partial charge in [-0.2, -0.15) is 0 Å². The topological polar surface area (TPSA) is 39.7 Å². The highest BCUT2D eigenvalue weighted by Crippen LogP contribution is 2.28. The molecule has 0 bridgehead atoms. The van der Waals surface area contributed by atoms with Crippen LogP contribution in [-0.2, 0) is 11.3 Å². The highest BCUT2D eigenvalue weighted by molar-refractivity contribution is 5.43. The van der Waals surface area contributed by atoms with Crippen LogP contribution in [0.25, 0.3) is 0 Å². The molecule has 0 aromatic heterocycles. The monoisotopic (exact) mass is 291 g/mol. The molecule has 4 nitrogen and oxygen atoms in total. The van der Waals surface area contributed by atoms with Crippen LogP contribution in [0.1, 0.15) is 25.3 Å². The number of nitrogens with one attached hydrogen (secondary N) is 1. The van der Waals surface area contributed by atoms with Crippen molar-refractivity contribution in [2.45, 2.75) is 32.4 Å². The summed E-state index contributed by atoms with van der Waals surface area (Å²) < 4.78 is 16.8. The summed E-state index contributed by atoms with van der Waals surface area (Å²) in [6, 6.07) is 6.05. The van der Waals surface area contributed by atoms with Crippen LogP contribution in [0.5, 0.6) is 11.5 Å². The van der Waals surface area contributed by atoms with Crippen molar-refractivity contribution in [3.05, 3.63) is 36.4 Å². The number of hydrogen-bond donors (Lipinski definition) is 1. The minimum absolute atomic E-state index is 0.367. The van der Waals surface area contributed by atoms with Crippen molar-refractivity contribution in [3.8, 4) is 11.5 Å². The first kappa shape index (κ1) is 15.9. The van der Waals surface area contributed by atoms with E-state index in [4.69, 9.17) is 14.2 Å². The van der Waals surface area contributed by atoms with Gasteiger partial charge in [0.15, 0.2) is 11.5 Å². The van der Waals surface area contributed by atoms with Gasteiger partial charge >= 0.3 is 0 Å². The van der Waals surface area contributed by atoms with Crippen molar-refractivity contribution in [1.82, 2.24) is 5.32 Å². The molecule has 1 N–H and O–H groups in total. The molecule has 1 atom stereocenters. The van der Waals surface area contributed by atoms with Gasteiger partial charge < -0.3 is 19.5 Å². The third-order valence-corrected chi connectivity index (χ3v) is 3.39.